The van der Waals surface area contributed by atoms with Crippen LogP contribution in [-0.2, 0) is 9.09 Å². The van der Waals surface area contributed by atoms with Crippen molar-refractivity contribution in [2.24, 2.45) is 0 Å². The Bertz CT molecular complexity index is 108. The highest BCUT2D eigenvalue weighted by molar-refractivity contribution is 7.47. The minimum atomic E-state index is -5.60. The predicted octanol–water partition coefficient (Wildman–Crippen LogP) is 2.37. The summed E-state index contributed by atoms with van der Waals surface area (Å²) in [5.74, 6) is 0. The fraction of sp³-hybridized carbons (Fsp3) is 1.00. The van der Waals surface area contributed by atoms with E-state index in [0.717, 1.165) is 6.92 Å². The smallest absolute Gasteiger partial charge is 0.245 e. The lowest BCUT2D eigenvalue weighted by Crippen LogP contribution is -1.92. The maximum atomic E-state index is 11.3. The summed E-state index contributed by atoms with van der Waals surface area (Å²) < 4.78 is 45.7. The molecule has 0 heterocycles. The van der Waals surface area contributed by atoms with Gasteiger partial charge in [-0.2, -0.15) is 0 Å². The zero-order valence-corrected chi connectivity index (χ0v) is 4.87. The van der Waals surface area contributed by atoms with E-state index < -0.39 is 14.3 Å². The molecule has 0 aliphatic rings. The first-order valence-electron chi connectivity index (χ1n) is 1.73. The zero-order valence-electron chi connectivity index (χ0n) is 3.97. The van der Waals surface area contributed by atoms with Gasteiger partial charge in [0.05, 0.1) is 0 Å². The molecule has 1 unspecified atom stereocenters. The molecular formula is C2H4F3O2P. The molecule has 0 radical (unpaired) electrons. The highest BCUT2D eigenvalue weighted by atomic mass is 31.2. The van der Waals surface area contributed by atoms with Crippen molar-refractivity contribution in [1.29, 1.82) is 0 Å². The topological polar surface area (TPSA) is 26.3 Å². The van der Waals surface area contributed by atoms with Gasteiger partial charge in [0.15, 0.2) is 0 Å². The third kappa shape index (κ3) is 5.98. The zero-order chi connectivity index (χ0) is 6.78. The van der Waals surface area contributed by atoms with Gasteiger partial charge in [-0.3, -0.25) is 0 Å². The molecule has 50 valence electrons. The summed E-state index contributed by atoms with van der Waals surface area (Å²) in [6.45, 7) is 0.728. The van der Waals surface area contributed by atoms with E-state index in [4.69, 9.17) is 0 Å². The summed E-state index contributed by atoms with van der Waals surface area (Å²) in [6.07, 6.45) is -2.17. The van der Waals surface area contributed by atoms with Gasteiger partial charge < -0.3 is 0 Å². The van der Waals surface area contributed by atoms with Gasteiger partial charge in [-0.1, -0.05) is 0 Å². The van der Waals surface area contributed by atoms with Crippen LogP contribution in [-0.4, -0.2) is 6.36 Å². The van der Waals surface area contributed by atoms with E-state index in [2.05, 4.69) is 4.52 Å². The number of halogens is 3. The van der Waals surface area contributed by atoms with Crippen LogP contribution in [0.3, 0.4) is 0 Å². The molecule has 6 heteroatoms. The standard InChI is InChI=1S/C2H4F3O2P/c1-2(3)7-8(4,5)6/h2H,1H3. The van der Waals surface area contributed by atoms with E-state index in [9.17, 15) is 17.3 Å². The molecule has 0 aromatic carbocycles. The van der Waals surface area contributed by atoms with Crippen molar-refractivity contribution >= 4 is 7.99 Å². The molecule has 0 aliphatic carbocycles. The van der Waals surface area contributed by atoms with Crippen molar-refractivity contribution in [3.05, 3.63) is 0 Å². The molecule has 0 rings (SSSR count). The maximum absolute atomic E-state index is 11.3. The number of hydrogen-bond donors (Lipinski definition) is 0. The van der Waals surface area contributed by atoms with Crippen LogP contribution >= 0.6 is 7.99 Å². The molecule has 2 nitrogen and oxygen atoms in total. The lowest BCUT2D eigenvalue weighted by Gasteiger charge is -1.98. The van der Waals surface area contributed by atoms with E-state index in [-0.39, 0.29) is 0 Å². The monoisotopic (exact) mass is 148 g/mol. The first-order valence-corrected chi connectivity index (χ1v) is 3.14. The molecule has 1 atom stereocenters. The van der Waals surface area contributed by atoms with Crippen LogP contribution in [0.1, 0.15) is 6.92 Å². The first kappa shape index (κ1) is 7.98. The largest absolute Gasteiger partial charge is 0.554 e. The fourth-order valence-electron chi connectivity index (χ4n) is 0.169. The van der Waals surface area contributed by atoms with Gasteiger partial charge in [-0.05, 0) is 6.92 Å². The second-order valence-electron chi connectivity index (χ2n) is 1.06. The molecule has 8 heavy (non-hydrogen) atoms. The SMILES string of the molecule is CC(F)OP(=O)(F)F. The van der Waals surface area contributed by atoms with Gasteiger partial charge in [0.1, 0.15) is 0 Å². The molecule has 0 fully saturated rings. The molecule has 0 amide bonds. The van der Waals surface area contributed by atoms with Crippen LogP contribution in [0.25, 0.3) is 0 Å². The second-order valence-corrected chi connectivity index (χ2v) is 2.10. The van der Waals surface area contributed by atoms with Gasteiger partial charge >= 0.3 is 7.99 Å². The summed E-state index contributed by atoms with van der Waals surface area (Å²) in [5.41, 5.74) is 0. The van der Waals surface area contributed by atoms with Crippen LogP contribution in [0, 0.1) is 0 Å². The fourth-order valence-corrected chi connectivity index (χ4v) is 0.507. The van der Waals surface area contributed by atoms with Crippen LogP contribution in [0.15, 0.2) is 0 Å². The summed E-state index contributed by atoms with van der Waals surface area (Å²) in [7, 11) is -5.60. The highest BCUT2D eigenvalue weighted by Gasteiger charge is 2.23. The molecule has 0 aliphatic heterocycles. The maximum Gasteiger partial charge on any atom is 0.554 e. The van der Waals surface area contributed by atoms with Gasteiger partial charge in [0.25, 0.3) is 0 Å². The van der Waals surface area contributed by atoms with Crippen molar-refractivity contribution in [3.8, 4) is 0 Å². The molecule has 0 saturated carbocycles. The van der Waals surface area contributed by atoms with Crippen molar-refractivity contribution in [3.63, 3.8) is 0 Å². The van der Waals surface area contributed by atoms with Gasteiger partial charge in [0.2, 0.25) is 6.36 Å². The van der Waals surface area contributed by atoms with Crippen molar-refractivity contribution in [2.75, 3.05) is 0 Å². The van der Waals surface area contributed by atoms with Crippen LogP contribution in [0.4, 0.5) is 12.8 Å². The summed E-state index contributed by atoms with van der Waals surface area (Å²) in [5, 5.41) is 0. The Balaban J connectivity index is 3.56. The minimum absolute atomic E-state index is 0.728. The van der Waals surface area contributed by atoms with Crippen LogP contribution < -0.4 is 0 Å². The number of alkyl halides is 1. The molecule has 0 spiro atoms. The van der Waals surface area contributed by atoms with E-state index in [1.54, 1.807) is 0 Å². The van der Waals surface area contributed by atoms with Crippen LogP contribution in [0.2, 0.25) is 0 Å². The third-order valence-corrected chi connectivity index (χ3v) is 0.804. The second kappa shape index (κ2) is 2.51. The lowest BCUT2D eigenvalue weighted by atomic mass is 10.8. The van der Waals surface area contributed by atoms with Gasteiger partial charge in [0, 0.05) is 0 Å². The Morgan fingerprint density at radius 1 is 1.62 bits per heavy atom. The quantitative estimate of drug-likeness (QED) is 0.562. The Hall–Kier alpha value is -0.0200. The summed E-state index contributed by atoms with van der Waals surface area (Å²) in [4.78, 5) is 0. The Labute approximate surface area is 44.3 Å². The van der Waals surface area contributed by atoms with Crippen molar-refractivity contribution in [2.45, 2.75) is 13.3 Å². The van der Waals surface area contributed by atoms with E-state index in [1.165, 1.54) is 0 Å². The Morgan fingerprint density at radius 3 is 2.00 bits per heavy atom. The molecular weight excluding hydrogens is 144 g/mol. The minimum Gasteiger partial charge on any atom is -0.245 e. The van der Waals surface area contributed by atoms with E-state index >= 15 is 0 Å². The van der Waals surface area contributed by atoms with Gasteiger partial charge in [-0.15, -0.1) is 8.39 Å². The number of rotatable bonds is 2. The summed E-state index contributed by atoms with van der Waals surface area (Å²) in [6, 6.07) is 0. The highest BCUT2D eigenvalue weighted by Crippen LogP contribution is 2.51. The lowest BCUT2D eigenvalue weighted by molar-refractivity contribution is 0.0697. The first-order chi connectivity index (χ1) is 3.42. The van der Waals surface area contributed by atoms with E-state index in [0.29, 0.717) is 0 Å². The Kier molecular flexibility index (Phi) is 2.50. The number of hydrogen-bond acceptors (Lipinski definition) is 2. The van der Waals surface area contributed by atoms with E-state index in [1.807, 2.05) is 0 Å². The van der Waals surface area contributed by atoms with Crippen molar-refractivity contribution < 1.29 is 21.9 Å². The average Bonchev–Trinajstić information content (AvgIpc) is 1.21. The average molecular weight is 148 g/mol. The molecule has 0 N–H and O–H groups in total. The molecule has 0 aromatic rings. The third-order valence-electron chi connectivity index (χ3n) is 0.268. The molecule has 0 saturated heterocycles. The molecule has 0 bridgehead atoms. The predicted molar refractivity (Wildman–Crippen MR) is 21.5 cm³/mol. The Morgan fingerprint density at radius 2 is 2.00 bits per heavy atom. The summed E-state index contributed by atoms with van der Waals surface area (Å²) >= 11 is 0. The normalized spacial score (nSPS) is 16.0. The van der Waals surface area contributed by atoms with Crippen LogP contribution in [0.5, 0.6) is 0 Å². The molecule has 0 aromatic heterocycles. The van der Waals surface area contributed by atoms with Gasteiger partial charge in [-0.25, -0.2) is 13.5 Å². The van der Waals surface area contributed by atoms with Crippen molar-refractivity contribution in [1.82, 2.24) is 0 Å².